The van der Waals surface area contributed by atoms with Gasteiger partial charge < -0.3 is 4.90 Å². The maximum absolute atomic E-state index is 12.9. The molecule has 1 aromatic carbocycles. The molecule has 1 fully saturated rings. The molecule has 24 heavy (non-hydrogen) atoms. The Bertz CT molecular complexity index is 681. The largest absolute Gasteiger partial charge is 0.341 e. The third-order valence-electron chi connectivity index (χ3n) is 4.04. The first-order valence-electron chi connectivity index (χ1n) is 8.11. The predicted molar refractivity (Wildman–Crippen MR) is 91.2 cm³/mol. The lowest BCUT2D eigenvalue weighted by molar-refractivity contribution is -0.139. The van der Waals surface area contributed by atoms with Crippen molar-refractivity contribution in [2.24, 2.45) is 5.41 Å². The van der Waals surface area contributed by atoms with E-state index >= 15 is 0 Å². The highest BCUT2D eigenvalue weighted by Crippen LogP contribution is 2.20. The van der Waals surface area contributed by atoms with E-state index in [0.717, 1.165) is 0 Å². The quantitative estimate of drug-likeness (QED) is 0.835. The molecule has 0 unspecified atom stereocenters. The number of sulfonamides is 1. The summed E-state index contributed by atoms with van der Waals surface area (Å²) in [6.07, 6.45) is 0.616. The summed E-state index contributed by atoms with van der Waals surface area (Å²) in [6, 6.07) is 5.49. The van der Waals surface area contributed by atoms with Crippen LogP contribution in [0.3, 0.4) is 0 Å². The molecular formula is C17H25FN2O3S. The van der Waals surface area contributed by atoms with Gasteiger partial charge in [0.05, 0.1) is 5.75 Å². The second-order valence-corrected chi connectivity index (χ2v) is 9.15. The standard InChI is InChI=1S/C17H25FN2O3S/c1-17(2,3)16(21)19-9-4-10-20(12-11-19)24(22,23)13-14-5-7-15(18)8-6-14/h5-8H,4,9-13H2,1-3H3. The fourth-order valence-electron chi connectivity index (χ4n) is 2.73. The van der Waals surface area contributed by atoms with Crippen LogP contribution in [0.2, 0.25) is 0 Å². The van der Waals surface area contributed by atoms with Gasteiger partial charge in [-0.05, 0) is 24.1 Å². The zero-order chi connectivity index (χ0) is 18.0. The van der Waals surface area contributed by atoms with Crippen LogP contribution in [-0.4, -0.2) is 49.7 Å². The van der Waals surface area contributed by atoms with E-state index in [1.165, 1.54) is 28.6 Å². The molecule has 0 radical (unpaired) electrons. The van der Waals surface area contributed by atoms with Crippen molar-refractivity contribution < 1.29 is 17.6 Å². The summed E-state index contributed by atoms with van der Waals surface area (Å²) in [7, 11) is -3.48. The Kier molecular flexibility index (Phi) is 5.65. The molecule has 0 aliphatic carbocycles. The number of hydrogen-bond acceptors (Lipinski definition) is 3. The lowest BCUT2D eigenvalue weighted by atomic mass is 9.94. The highest BCUT2D eigenvalue weighted by molar-refractivity contribution is 7.88. The smallest absolute Gasteiger partial charge is 0.227 e. The minimum atomic E-state index is -3.48. The number of benzene rings is 1. The van der Waals surface area contributed by atoms with Crippen LogP contribution in [0.15, 0.2) is 24.3 Å². The third-order valence-corrected chi connectivity index (χ3v) is 5.89. The van der Waals surface area contributed by atoms with Crippen molar-refractivity contribution in [3.63, 3.8) is 0 Å². The molecule has 1 amide bonds. The highest BCUT2D eigenvalue weighted by atomic mass is 32.2. The Morgan fingerprint density at radius 3 is 2.29 bits per heavy atom. The van der Waals surface area contributed by atoms with E-state index in [-0.39, 0.29) is 17.5 Å². The van der Waals surface area contributed by atoms with Gasteiger partial charge in [0.1, 0.15) is 5.82 Å². The first kappa shape index (κ1) is 18.9. The Morgan fingerprint density at radius 2 is 1.71 bits per heavy atom. The summed E-state index contributed by atoms with van der Waals surface area (Å²) in [5, 5.41) is 0. The number of carbonyl (C=O) groups excluding carboxylic acids is 1. The van der Waals surface area contributed by atoms with Crippen LogP contribution in [-0.2, 0) is 20.6 Å². The molecule has 7 heteroatoms. The van der Waals surface area contributed by atoms with E-state index in [1.807, 2.05) is 20.8 Å². The van der Waals surface area contributed by atoms with Gasteiger partial charge >= 0.3 is 0 Å². The lowest BCUT2D eigenvalue weighted by Crippen LogP contribution is -2.42. The number of halogens is 1. The molecule has 1 aromatic rings. The fourth-order valence-corrected chi connectivity index (χ4v) is 4.30. The molecule has 1 saturated heterocycles. The van der Waals surface area contributed by atoms with Crippen molar-refractivity contribution in [1.29, 1.82) is 0 Å². The van der Waals surface area contributed by atoms with E-state index in [2.05, 4.69) is 0 Å². The van der Waals surface area contributed by atoms with Crippen LogP contribution in [0, 0.1) is 11.2 Å². The van der Waals surface area contributed by atoms with Gasteiger partial charge in [0.2, 0.25) is 15.9 Å². The van der Waals surface area contributed by atoms with Crippen molar-refractivity contribution in [1.82, 2.24) is 9.21 Å². The van der Waals surface area contributed by atoms with Crippen molar-refractivity contribution >= 4 is 15.9 Å². The van der Waals surface area contributed by atoms with Gasteiger partial charge in [0.15, 0.2) is 0 Å². The summed E-state index contributed by atoms with van der Waals surface area (Å²) in [5.74, 6) is -0.497. The second kappa shape index (κ2) is 7.19. The molecule has 0 spiro atoms. The number of nitrogens with zero attached hydrogens (tertiary/aromatic N) is 2. The molecule has 0 atom stereocenters. The maximum Gasteiger partial charge on any atom is 0.227 e. The van der Waals surface area contributed by atoms with E-state index in [9.17, 15) is 17.6 Å². The van der Waals surface area contributed by atoms with E-state index < -0.39 is 15.4 Å². The van der Waals surface area contributed by atoms with Crippen molar-refractivity contribution in [3.05, 3.63) is 35.6 Å². The van der Waals surface area contributed by atoms with Crippen molar-refractivity contribution in [3.8, 4) is 0 Å². The molecule has 5 nitrogen and oxygen atoms in total. The minimum Gasteiger partial charge on any atom is -0.341 e. The topological polar surface area (TPSA) is 57.7 Å². The van der Waals surface area contributed by atoms with Gasteiger partial charge in [-0.3, -0.25) is 4.79 Å². The Morgan fingerprint density at radius 1 is 1.08 bits per heavy atom. The molecule has 134 valence electrons. The average molecular weight is 356 g/mol. The van der Waals surface area contributed by atoms with Crippen LogP contribution in [0.5, 0.6) is 0 Å². The zero-order valence-corrected chi connectivity index (χ0v) is 15.3. The summed E-state index contributed by atoms with van der Waals surface area (Å²) in [4.78, 5) is 14.1. The molecule has 1 heterocycles. The minimum absolute atomic E-state index is 0.0419. The predicted octanol–water partition coefficient (Wildman–Crippen LogP) is 2.24. The molecule has 0 aromatic heterocycles. The first-order valence-corrected chi connectivity index (χ1v) is 9.72. The number of hydrogen-bond donors (Lipinski definition) is 0. The zero-order valence-electron chi connectivity index (χ0n) is 14.5. The van der Waals surface area contributed by atoms with E-state index in [4.69, 9.17) is 0 Å². The highest BCUT2D eigenvalue weighted by Gasteiger charge is 2.31. The molecule has 0 N–H and O–H groups in total. The normalized spacial score (nSPS) is 17.6. The number of rotatable bonds is 3. The fraction of sp³-hybridized carbons (Fsp3) is 0.588. The van der Waals surface area contributed by atoms with Crippen LogP contribution < -0.4 is 0 Å². The van der Waals surface area contributed by atoms with Gasteiger partial charge in [-0.15, -0.1) is 0 Å². The van der Waals surface area contributed by atoms with Crippen molar-refractivity contribution in [2.45, 2.75) is 32.9 Å². The van der Waals surface area contributed by atoms with Gasteiger partial charge in [-0.2, -0.15) is 4.31 Å². The maximum atomic E-state index is 12.9. The summed E-state index contributed by atoms with van der Waals surface area (Å²) in [6.45, 7) is 7.26. The molecule has 0 bridgehead atoms. The summed E-state index contributed by atoms with van der Waals surface area (Å²) in [5.41, 5.74) is 0.0885. The second-order valence-electron chi connectivity index (χ2n) is 7.18. The van der Waals surface area contributed by atoms with Gasteiger partial charge in [0, 0.05) is 31.6 Å². The van der Waals surface area contributed by atoms with E-state index in [1.54, 1.807) is 4.90 Å². The summed E-state index contributed by atoms with van der Waals surface area (Å²) >= 11 is 0. The lowest BCUT2D eigenvalue weighted by Gasteiger charge is -2.28. The molecule has 2 rings (SSSR count). The van der Waals surface area contributed by atoms with Gasteiger partial charge in [0.25, 0.3) is 0 Å². The molecular weight excluding hydrogens is 331 g/mol. The van der Waals surface area contributed by atoms with Crippen LogP contribution in [0.4, 0.5) is 4.39 Å². The number of carbonyl (C=O) groups is 1. The van der Waals surface area contributed by atoms with Crippen LogP contribution >= 0.6 is 0 Å². The molecule has 0 saturated carbocycles. The van der Waals surface area contributed by atoms with E-state index in [0.29, 0.717) is 38.2 Å². The van der Waals surface area contributed by atoms with Crippen LogP contribution in [0.25, 0.3) is 0 Å². The monoisotopic (exact) mass is 356 g/mol. The van der Waals surface area contributed by atoms with Crippen LogP contribution in [0.1, 0.15) is 32.8 Å². The third kappa shape index (κ3) is 4.77. The molecule has 1 aliphatic rings. The Labute approximate surface area is 143 Å². The first-order chi connectivity index (χ1) is 11.1. The number of amides is 1. The average Bonchev–Trinajstić information content (AvgIpc) is 2.74. The summed E-state index contributed by atoms with van der Waals surface area (Å²) < 4.78 is 39.6. The van der Waals surface area contributed by atoms with Gasteiger partial charge in [-0.1, -0.05) is 32.9 Å². The van der Waals surface area contributed by atoms with Crippen molar-refractivity contribution in [2.75, 3.05) is 26.2 Å². The SMILES string of the molecule is CC(C)(C)C(=O)N1CCCN(S(=O)(=O)Cc2ccc(F)cc2)CC1. The Balaban J connectivity index is 2.04. The molecule has 1 aliphatic heterocycles. The van der Waals surface area contributed by atoms with Gasteiger partial charge in [-0.25, -0.2) is 12.8 Å². The Hall–Kier alpha value is -1.47.